The zero-order valence-electron chi connectivity index (χ0n) is 5.68. The van der Waals surface area contributed by atoms with Gasteiger partial charge in [0, 0.05) is 19.4 Å². The molecule has 3 nitrogen and oxygen atoms in total. The lowest BCUT2D eigenvalue weighted by Gasteiger charge is -1.98. The molecule has 1 unspecified atom stereocenters. The summed E-state index contributed by atoms with van der Waals surface area (Å²) in [6, 6.07) is -0.207. The maximum Gasteiger partial charge on any atom is 0.199 e. The van der Waals surface area contributed by atoms with Crippen molar-refractivity contribution in [1.29, 1.82) is 0 Å². The molecule has 0 aromatic rings. The summed E-state index contributed by atoms with van der Waals surface area (Å²) in [6.07, 6.45) is 0.162. The fourth-order valence-electron chi connectivity index (χ4n) is 0.436. The van der Waals surface area contributed by atoms with E-state index in [9.17, 15) is 9.59 Å². The Morgan fingerprint density at radius 3 is 2.11 bits per heavy atom. The van der Waals surface area contributed by atoms with Crippen molar-refractivity contribution in [2.75, 3.05) is 0 Å². The van der Waals surface area contributed by atoms with E-state index in [1.807, 2.05) is 0 Å². The van der Waals surface area contributed by atoms with Gasteiger partial charge in [-0.25, -0.2) is 0 Å². The summed E-state index contributed by atoms with van der Waals surface area (Å²) in [5.74, 6) is -0.794. The van der Waals surface area contributed by atoms with Crippen LogP contribution in [0.2, 0.25) is 0 Å². The lowest BCUT2D eigenvalue weighted by Crippen LogP contribution is -2.23. The maximum absolute atomic E-state index is 10.5. The van der Waals surface area contributed by atoms with E-state index in [1.54, 1.807) is 6.92 Å². The second-order valence-corrected chi connectivity index (χ2v) is 2.16. The van der Waals surface area contributed by atoms with Crippen molar-refractivity contribution < 1.29 is 9.59 Å². The number of hydrogen-bond acceptors (Lipinski definition) is 3. The van der Waals surface area contributed by atoms with Crippen molar-refractivity contribution in [2.45, 2.75) is 26.3 Å². The van der Waals surface area contributed by atoms with E-state index in [2.05, 4.69) is 0 Å². The van der Waals surface area contributed by atoms with E-state index in [-0.39, 0.29) is 18.2 Å². The Morgan fingerprint density at radius 1 is 1.56 bits per heavy atom. The van der Waals surface area contributed by atoms with Crippen molar-refractivity contribution in [3.63, 3.8) is 0 Å². The van der Waals surface area contributed by atoms with E-state index < -0.39 is 5.78 Å². The predicted molar refractivity (Wildman–Crippen MR) is 34.0 cm³/mol. The zero-order chi connectivity index (χ0) is 7.44. The Hall–Kier alpha value is -0.700. The van der Waals surface area contributed by atoms with Gasteiger partial charge in [-0.15, -0.1) is 0 Å². The third kappa shape index (κ3) is 3.85. The van der Waals surface area contributed by atoms with Crippen molar-refractivity contribution in [2.24, 2.45) is 5.73 Å². The van der Waals surface area contributed by atoms with Crippen LogP contribution < -0.4 is 5.73 Å². The molecule has 0 spiro atoms. The Bertz CT molecular complexity index is 129. The maximum atomic E-state index is 10.5. The molecule has 0 aromatic heterocycles. The summed E-state index contributed by atoms with van der Waals surface area (Å²) in [7, 11) is 0. The summed E-state index contributed by atoms with van der Waals surface area (Å²) in [6.45, 7) is 2.95. The Kier molecular flexibility index (Phi) is 3.09. The number of rotatable bonds is 3. The van der Waals surface area contributed by atoms with E-state index in [4.69, 9.17) is 5.73 Å². The molecule has 0 bridgehead atoms. The van der Waals surface area contributed by atoms with Gasteiger partial charge < -0.3 is 5.73 Å². The minimum Gasteiger partial charge on any atom is -0.328 e. The summed E-state index contributed by atoms with van der Waals surface area (Å²) < 4.78 is 0. The molecule has 0 aliphatic heterocycles. The average Bonchev–Trinajstić information content (AvgIpc) is 1.63. The molecule has 0 rings (SSSR count). The smallest absolute Gasteiger partial charge is 0.199 e. The van der Waals surface area contributed by atoms with Crippen LogP contribution in [-0.4, -0.2) is 17.6 Å². The quantitative estimate of drug-likeness (QED) is 0.540. The topological polar surface area (TPSA) is 60.2 Å². The molecule has 52 valence electrons. The van der Waals surface area contributed by atoms with Gasteiger partial charge in [0.15, 0.2) is 11.6 Å². The molecule has 0 saturated heterocycles. The van der Waals surface area contributed by atoms with Gasteiger partial charge >= 0.3 is 0 Å². The first kappa shape index (κ1) is 8.30. The number of carbonyl (C=O) groups excluding carboxylic acids is 2. The van der Waals surface area contributed by atoms with Crippen LogP contribution in [0, 0.1) is 0 Å². The standard InChI is InChI=1S/C6H11NO2/c1-4(7)3-6(9)5(2)8/h4H,3,7H2,1-2H3. The highest BCUT2D eigenvalue weighted by Crippen LogP contribution is 1.88. The molecule has 0 heterocycles. The van der Waals surface area contributed by atoms with Crippen LogP contribution in [0.15, 0.2) is 0 Å². The van der Waals surface area contributed by atoms with Crippen LogP contribution in [0.5, 0.6) is 0 Å². The second kappa shape index (κ2) is 3.35. The molecular weight excluding hydrogens is 118 g/mol. The third-order valence-electron chi connectivity index (χ3n) is 0.900. The lowest BCUT2D eigenvalue weighted by molar-refractivity contribution is -0.135. The van der Waals surface area contributed by atoms with Crippen molar-refractivity contribution in [1.82, 2.24) is 0 Å². The molecule has 1 atom stereocenters. The van der Waals surface area contributed by atoms with Gasteiger partial charge in [0.1, 0.15) is 0 Å². The monoisotopic (exact) mass is 129 g/mol. The average molecular weight is 129 g/mol. The molecule has 0 aromatic carbocycles. The fourth-order valence-corrected chi connectivity index (χ4v) is 0.436. The Labute approximate surface area is 54.2 Å². The molecule has 0 fully saturated rings. The minimum absolute atomic E-state index is 0.162. The molecular formula is C6H11NO2. The van der Waals surface area contributed by atoms with E-state index in [1.165, 1.54) is 6.92 Å². The summed E-state index contributed by atoms with van der Waals surface area (Å²) in [4.78, 5) is 20.8. The van der Waals surface area contributed by atoms with Gasteiger partial charge in [0.25, 0.3) is 0 Å². The summed E-state index contributed by atoms with van der Waals surface area (Å²) in [5, 5.41) is 0. The first-order valence-corrected chi connectivity index (χ1v) is 2.83. The zero-order valence-corrected chi connectivity index (χ0v) is 5.68. The first-order chi connectivity index (χ1) is 4.04. The van der Waals surface area contributed by atoms with Crippen molar-refractivity contribution in [3.05, 3.63) is 0 Å². The molecule has 0 radical (unpaired) electrons. The van der Waals surface area contributed by atoms with Crippen molar-refractivity contribution in [3.8, 4) is 0 Å². The van der Waals surface area contributed by atoms with E-state index in [0.717, 1.165) is 0 Å². The molecule has 0 aliphatic rings. The van der Waals surface area contributed by atoms with Gasteiger partial charge in [-0.2, -0.15) is 0 Å². The summed E-state index contributed by atoms with van der Waals surface area (Å²) >= 11 is 0. The van der Waals surface area contributed by atoms with Gasteiger partial charge in [0.2, 0.25) is 0 Å². The number of carbonyl (C=O) groups is 2. The van der Waals surface area contributed by atoms with E-state index in [0.29, 0.717) is 0 Å². The van der Waals surface area contributed by atoms with Gasteiger partial charge in [-0.3, -0.25) is 9.59 Å². The third-order valence-corrected chi connectivity index (χ3v) is 0.900. The number of ketones is 2. The van der Waals surface area contributed by atoms with Crippen molar-refractivity contribution >= 4 is 11.6 Å². The minimum atomic E-state index is -0.410. The van der Waals surface area contributed by atoms with Crippen LogP contribution in [0.25, 0.3) is 0 Å². The lowest BCUT2D eigenvalue weighted by atomic mass is 10.1. The van der Waals surface area contributed by atoms with Gasteiger partial charge in [-0.1, -0.05) is 0 Å². The normalized spacial score (nSPS) is 12.8. The second-order valence-electron chi connectivity index (χ2n) is 2.16. The highest BCUT2D eigenvalue weighted by Gasteiger charge is 2.08. The molecule has 0 amide bonds. The Morgan fingerprint density at radius 2 is 2.00 bits per heavy atom. The SMILES string of the molecule is CC(=O)C(=O)CC(C)N. The Balaban J connectivity index is 3.65. The molecule has 3 heteroatoms. The largest absolute Gasteiger partial charge is 0.328 e. The fraction of sp³-hybridized carbons (Fsp3) is 0.667. The number of hydrogen-bond donors (Lipinski definition) is 1. The van der Waals surface area contributed by atoms with Gasteiger partial charge in [-0.05, 0) is 6.92 Å². The van der Waals surface area contributed by atoms with Gasteiger partial charge in [0.05, 0.1) is 0 Å². The first-order valence-electron chi connectivity index (χ1n) is 2.83. The molecule has 0 saturated carbocycles. The van der Waals surface area contributed by atoms with Crippen LogP contribution in [0.3, 0.4) is 0 Å². The highest BCUT2D eigenvalue weighted by molar-refractivity contribution is 6.36. The number of Topliss-reactive ketones (excluding diaryl/α,β-unsaturated/α-hetero) is 2. The van der Waals surface area contributed by atoms with Crippen LogP contribution in [0.4, 0.5) is 0 Å². The highest BCUT2D eigenvalue weighted by atomic mass is 16.2. The van der Waals surface area contributed by atoms with Crippen LogP contribution >= 0.6 is 0 Å². The summed E-state index contributed by atoms with van der Waals surface area (Å²) in [5.41, 5.74) is 5.26. The molecule has 0 aliphatic carbocycles. The van der Waals surface area contributed by atoms with Crippen LogP contribution in [-0.2, 0) is 9.59 Å². The predicted octanol–water partition coefficient (Wildman–Crippen LogP) is -0.118. The van der Waals surface area contributed by atoms with Crippen LogP contribution in [0.1, 0.15) is 20.3 Å². The molecule has 9 heavy (non-hydrogen) atoms. The number of nitrogens with two attached hydrogens (primary N) is 1. The van der Waals surface area contributed by atoms with E-state index >= 15 is 0 Å². The molecule has 2 N–H and O–H groups in total.